The second-order valence-electron chi connectivity index (χ2n) is 4.21. The van der Waals surface area contributed by atoms with Crippen LogP contribution >= 0.6 is 0 Å². The largest absolute Gasteiger partial charge is 0.317 e. The number of nitrogens with zero attached hydrogens (tertiary/aromatic N) is 1. The van der Waals surface area contributed by atoms with E-state index in [1.54, 1.807) is 0 Å². The lowest BCUT2D eigenvalue weighted by atomic mass is 10.2. The average Bonchev–Trinajstić information content (AvgIpc) is 2.25. The van der Waals surface area contributed by atoms with Gasteiger partial charge in [0.2, 0.25) is 5.91 Å². The Hall–Kier alpha value is -0.610. The molecule has 0 spiro atoms. The van der Waals surface area contributed by atoms with Crippen molar-refractivity contribution in [3.63, 3.8) is 0 Å². The first-order valence-electron chi connectivity index (χ1n) is 6.06. The summed E-state index contributed by atoms with van der Waals surface area (Å²) in [6, 6.07) is 0. The molecular formula is C11H23N3O. The third-order valence-electron chi connectivity index (χ3n) is 2.82. The molecule has 0 saturated carbocycles. The molecule has 0 radical (unpaired) electrons. The first-order chi connectivity index (χ1) is 7.30. The number of hydrazine groups is 1. The van der Waals surface area contributed by atoms with Crippen molar-refractivity contribution < 1.29 is 4.79 Å². The van der Waals surface area contributed by atoms with Crippen molar-refractivity contribution in [1.29, 1.82) is 0 Å². The molecule has 0 unspecified atom stereocenters. The molecule has 88 valence electrons. The van der Waals surface area contributed by atoms with Crippen molar-refractivity contribution in [2.75, 3.05) is 19.6 Å². The first-order valence-corrected chi connectivity index (χ1v) is 6.06. The number of nitrogens with one attached hydrogen (secondary N) is 1. The van der Waals surface area contributed by atoms with Crippen molar-refractivity contribution in [3.8, 4) is 0 Å². The van der Waals surface area contributed by atoms with Crippen LogP contribution in [0, 0.1) is 0 Å². The van der Waals surface area contributed by atoms with Gasteiger partial charge in [-0.3, -0.25) is 9.80 Å². The molecule has 4 nitrogen and oxygen atoms in total. The smallest absolute Gasteiger partial charge is 0.236 e. The molecule has 1 heterocycles. The maximum absolute atomic E-state index is 11.5. The monoisotopic (exact) mass is 213 g/mol. The van der Waals surface area contributed by atoms with E-state index in [1.165, 1.54) is 11.4 Å². The van der Waals surface area contributed by atoms with Crippen molar-refractivity contribution in [3.05, 3.63) is 0 Å². The van der Waals surface area contributed by atoms with Gasteiger partial charge >= 0.3 is 0 Å². The van der Waals surface area contributed by atoms with Crippen LogP contribution in [0.4, 0.5) is 0 Å². The third-order valence-corrected chi connectivity index (χ3v) is 2.82. The summed E-state index contributed by atoms with van der Waals surface area (Å²) in [5, 5.41) is 4.81. The van der Waals surface area contributed by atoms with Crippen LogP contribution in [0.3, 0.4) is 0 Å². The van der Waals surface area contributed by atoms with Crippen molar-refractivity contribution in [1.82, 2.24) is 10.3 Å². The minimum absolute atomic E-state index is 0.0993. The first kappa shape index (κ1) is 12.5. The molecule has 1 amide bonds. The Kier molecular flexibility index (Phi) is 6.36. The van der Waals surface area contributed by atoms with E-state index in [2.05, 4.69) is 5.32 Å². The lowest BCUT2D eigenvalue weighted by molar-refractivity contribution is -0.131. The van der Waals surface area contributed by atoms with Crippen LogP contribution in [0.1, 0.15) is 44.9 Å². The van der Waals surface area contributed by atoms with E-state index in [0.29, 0.717) is 13.0 Å². The minimum Gasteiger partial charge on any atom is -0.317 e. The van der Waals surface area contributed by atoms with E-state index in [-0.39, 0.29) is 5.91 Å². The molecule has 1 aliphatic rings. The summed E-state index contributed by atoms with van der Waals surface area (Å²) in [7, 11) is 0. The molecule has 1 fully saturated rings. The second kappa shape index (κ2) is 7.65. The summed E-state index contributed by atoms with van der Waals surface area (Å²) in [6.45, 7) is 2.89. The highest BCUT2D eigenvalue weighted by atomic mass is 16.2. The molecule has 0 bridgehead atoms. The van der Waals surface area contributed by atoms with Crippen LogP contribution in [0.15, 0.2) is 0 Å². The van der Waals surface area contributed by atoms with Crippen molar-refractivity contribution >= 4 is 5.91 Å². The molecule has 15 heavy (non-hydrogen) atoms. The van der Waals surface area contributed by atoms with Crippen LogP contribution in [0.25, 0.3) is 0 Å². The predicted octanol–water partition coefficient (Wildman–Crippen LogP) is 1.02. The summed E-state index contributed by atoms with van der Waals surface area (Å²) in [4.78, 5) is 11.5. The molecular weight excluding hydrogens is 190 g/mol. The molecule has 0 aromatic rings. The number of rotatable bonds is 0. The Bertz CT molecular complexity index is 185. The average molecular weight is 213 g/mol. The number of amides is 1. The SMILES string of the molecule is NN1CCCCCNCCCCCC1=O. The van der Waals surface area contributed by atoms with Crippen molar-refractivity contribution in [2.24, 2.45) is 5.84 Å². The Morgan fingerprint density at radius 2 is 1.67 bits per heavy atom. The van der Waals surface area contributed by atoms with Gasteiger partial charge in [0.1, 0.15) is 0 Å². The Morgan fingerprint density at radius 3 is 2.40 bits per heavy atom. The molecule has 0 aromatic heterocycles. The number of carbonyl (C=O) groups is 1. The molecule has 0 aliphatic carbocycles. The Labute approximate surface area is 92.2 Å². The normalized spacial score (nSPS) is 22.7. The van der Waals surface area contributed by atoms with E-state index in [0.717, 1.165) is 45.2 Å². The zero-order chi connectivity index (χ0) is 10.9. The molecule has 3 N–H and O–H groups in total. The maximum atomic E-state index is 11.5. The van der Waals surface area contributed by atoms with Crippen LogP contribution in [-0.2, 0) is 4.79 Å². The predicted molar refractivity (Wildman–Crippen MR) is 61.1 cm³/mol. The quantitative estimate of drug-likeness (QED) is 0.466. The van der Waals surface area contributed by atoms with Gasteiger partial charge in [-0.05, 0) is 38.8 Å². The highest BCUT2D eigenvalue weighted by Gasteiger charge is 2.08. The Balaban J connectivity index is 2.27. The zero-order valence-electron chi connectivity index (χ0n) is 9.50. The van der Waals surface area contributed by atoms with Crippen LogP contribution in [-0.4, -0.2) is 30.6 Å². The summed E-state index contributed by atoms with van der Waals surface area (Å²) in [6.07, 6.45) is 7.20. The summed E-state index contributed by atoms with van der Waals surface area (Å²) < 4.78 is 0. The highest BCUT2D eigenvalue weighted by Crippen LogP contribution is 2.04. The van der Waals surface area contributed by atoms with Gasteiger partial charge in [0.05, 0.1) is 0 Å². The van der Waals surface area contributed by atoms with E-state index in [4.69, 9.17) is 5.84 Å². The summed E-state index contributed by atoms with van der Waals surface area (Å²) in [5.41, 5.74) is 0. The molecule has 4 heteroatoms. The van der Waals surface area contributed by atoms with Crippen LogP contribution in [0.5, 0.6) is 0 Å². The molecule has 0 aromatic carbocycles. The lowest BCUT2D eigenvalue weighted by Gasteiger charge is -2.16. The number of carbonyl (C=O) groups excluding carboxylic acids is 1. The number of hydrogen-bond donors (Lipinski definition) is 2. The lowest BCUT2D eigenvalue weighted by Crippen LogP contribution is -2.38. The minimum atomic E-state index is 0.0993. The molecule has 1 saturated heterocycles. The van der Waals surface area contributed by atoms with E-state index in [1.807, 2.05) is 0 Å². The molecule has 1 aliphatic heterocycles. The zero-order valence-corrected chi connectivity index (χ0v) is 9.50. The van der Waals surface area contributed by atoms with Gasteiger partial charge in [-0.2, -0.15) is 0 Å². The van der Waals surface area contributed by atoms with Gasteiger partial charge < -0.3 is 5.32 Å². The van der Waals surface area contributed by atoms with Crippen LogP contribution < -0.4 is 11.2 Å². The Morgan fingerprint density at radius 1 is 1.00 bits per heavy atom. The van der Waals surface area contributed by atoms with Gasteiger partial charge in [0.25, 0.3) is 0 Å². The topological polar surface area (TPSA) is 58.4 Å². The molecule has 0 atom stereocenters. The van der Waals surface area contributed by atoms with Crippen LogP contribution in [0.2, 0.25) is 0 Å². The standard InChI is InChI=1S/C11H23N3O/c12-14-10-6-2-5-9-13-8-4-1-3-7-11(14)15/h13H,1-10,12H2. The van der Waals surface area contributed by atoms with E-state index in [9.17, 15) is 4.79 Å². The fraction of sp³-hybridized carbons (Fsp3) is 0.909. The maximum Gasteiger partial charge on any atom is 0.236 e. The van der Waals surface area contributed by atoms with Gasteiger partial charge in [-0.1, -0.05) is 12.8 Å². The fourth-order valence-electron chi connectivity index (χ4n) is 1.81. The third kappa shape index (κ3) is 5.74. The van der Waals surface area contributed by atoms with Gasteiger partial charge in [0.15, 0.2) is 0 Å². The number of nitrogens with two attached hydrogens (primary N) is 1. The molecule has 1 rings (SSSR count). The highest BCUT2D eigenvalue weighted by molar-refractivity contribution is 5.75. The van der Waals surface area contributed by atoms with Gasteiger partial charge in [-0.15, -0.1) is 0 Å². The van der Waals surface area contributed by atoms with Crippen molar-refractivity contribution in [2.45, 2.75) is 44.9 Å². The summed E-state index contributed by atoms with van der Waals surface area (Å²) >= 11 is 0. The van der Waals surface area contributed by atoms with Gasteiger partial charge in [-0.25, -0.2) is 5.84 Å². The fourth-order valence-corrected chi connectivity index (χ4v) is 1.81. The van der Waals surface area contributed by atoms with E-state index >= 15 is 0 Å². The van der Waals surface area contributed by atoms with E-state index < -0.39 is 0 Å². The van der Waals surface area contributed by atoms with Gasteiger partial charge in [0, 0.05) is 13.0 Å². The summed E-state index contributed by atoms with van der Waals surface area (Å²) in [5.74, 6) is 5.76. The number of hydrogen-bond acceptors (Lipinski definition) is 3. The second-order valence-corrected chi connectivity index (χ2v) is 4.21.